The minimum Gasteiger partial charge on any atom is -0.378 e. The van der Waals surface area contributed by atoms with Crippen LogP contribution in [0.15, 0.2) is 11.0 Å². The number of hydrogen-bond donors (Lipinski definition) is 1. The van der Waals surface area contributed by atoms with Crippen molar-refractivity contribution in [3.63, 3.8) is 0 Å². The second kappa shape index (κ2) is 5.42. The average molecular weight is 314 g/mol. The number of ketones is 1. The number of aromatic amines is 1. The third-order valence-corrected chi connectivity index (χ3v) is 4.53. The van der Waals surface area contributed by atoms with Crippen molar-refractivity contribution in [1.29, 1.82) is 0 Å². The number of anilines is 1. The Morgan fingerprint density at radius 2 is 2.04 bits per heavy atom. The highest BCUT2D eigenvalue weighted by molar-refractivity contribution is 6.02. The van der Waals surface area contributed by atoms with Gasteiger partial charge in [0.15, 0.2) is 11.4 Å². The maximum atomic E-state index is 12.6. The lowest BCUT2D eigenvalue weighted by molar-refractivity contribution is 0.0953. The third-order valence-electron chi connectivity index (χ3n) is 4.53. The number of nitrogens with zero attached hydrogens (tertiary/aromatic N) is 3. The number of carbonyl (C=O) groups is 1. The summed E-state index contributed by atoms with van der Waals surface area (Å²) in [5.74, 6) is 0.817. The summed E-state index contributed by atoms with van der Waals surface area (Å²) in [4.78, 5) is 38.4. The van der Waals surface area contributed by atoms with Crippen LogP contribution in [0.5, 0.6) is 0 Å². The number of nitrogens with one attached hydrogen (secondary N) is 1. The topological polar surface area (TPSA) is 88.2 Å². The van der Waals surface area contributed by atoms with Gasteiger partial charge in [0.1, 0.15) is 0 Å². The Balaban J connectivity index is 1.87. The van der Waals surface area contributed by atoms with Crippen LogP contribution in [0.3, 0.4) is 0 Å². The molecule has 1 saturated heterocycles. The van der Waals surface area contributed by atoms with Crippen LogP contribution in [0.1, 0.15) is 29.3 Å². The molecular weight excluding hydrogens is 296 g/mol. The number of pyridine rings is 1. The van der Waals surface area contributed by atoms with Crippen molar-refractivity contribution in [2.75, 3.05) is 31.2 Å². The van der Waals surface area contributed by atoms with E-state index >= 15 is 0 Å². The van der Waals surface area contributed by atoms with Gasteiger partial charge in [-0.15, -0.1) is 0 Å². The largest absolute Gasteiger partial charge is 0.378 e. The second-order valence-corrected chi connectivity index (χ2v) is 6.27. The molecule has 0 aromatic carbocycles. The Kier molecular flexibility index (Phi) is 3.37. The predicted molar refractivity (Wildman–Crippen MR) is 85.0 cm³/mol. The molecule has 2 aliphatic rings. The lowest BCUT2D eigenvalue weighted by Crippen LogP contribution is -2.38. The first-order chi connectivity index (χ1) is 11.1. The number of rotatable bonds is 1. The van der Waals surface area contributed by atoms with Crippen molar-refractivity contribution in [2.45, 2.75) is 19.8 Å². The zero-order valence-electron chi connectivity index (χ0n) is 13.0. The summed E-state index contributed by atoms with van der Waals surface area (Å²) in [5, 5.41) is 0.458. The van der Waals surface area contributed by atoms with E-state index in [1.54, 1.807) is 6.20 Å². The van der Waals surface area contributed by atoms with Crippen molar-refractivity contribution in [3.8, 4) is 0 Å². The predicted octanol–water partition coefficient (Wildman–Crippen LogP) is 0.920. The fraction of sp³-hybridized carbons (Fsp3) is 0.500. The minimum atomic E-state index is -0.220. The number of fused-ring (bicyclic) bond motifs is 3. The summed E-state index contributed by atoms with van der Waals surface area (Å²) in [6.45, 7) is 4.64. The highest BCUT2D eigenvalue weighted by Crippen LogP contribution is 2.28. The van der Waals surface area contributed by atoms with Crippen molar-refractivity contribution < 1.29 is 9.53 Å². The second-order valence-electron chi connectivity index (χ2n) is 6.27. The molecular formula is C16H18N4O3. The molecule has 0 spiro atoms. The molecule has 7 heteroatoms. The van der Waals surface area contributed by atoms with Crippen LogP contribution in [0, 0.1) is 5.92 Å². The van der Waals surface area contributed by atoms with E-state index in [2.05, 4.69) is 15.0 Å². The van der Waals surface area contributed by atoms with Gasteiger partial charge in [-0.25, -0.2) is 4.98 Å². The quantitative estimate of drug-likeness (QED) is 0.842. The summed E-state index contributed by atoms with van der Waals surface area (Å²) in [7, 11) is 0. The Bertz CT molecular complexity index is 839. The smallest absolute Gasteiger partial charge is 0.262 e. The molecule has 2 aromatic rings. The third kappa shape index (κ3) is 2.41. The van der Waals surface area contributed by atoms with Gasteiger partial charge < -0.3 is 9.64 Å². The maximum Gasteiger partial charge on any atom is 0.262 e. The molecule has 0 bridgehead atoms. The van der Waals surface area contributed by atoms with Crippen molar-refractivity contribution >= 4 is 22.8 Å². The normalized spacial score (nSPS) is 21.5. The number of Topliss-reactive ketones (excluding diaryl/α,β-unsaturated/α-hetero) is 1. The molecule has 1 aliphatic carbocycles. The van der Waals surface area contributed by atoms with E-state index in [-0.39, 0.29) is 17.3 Å². The molecule has 1 fully saturated rings. The number of aromatic nitrogens is 3. The van der Waals surface area contributed by atoms with E-state index in [0.717, 1.165) is 5.56 Å². The highest BCUT2D eigenvalue weighted by atomic mass is 16.5. The van der Waals surface area contributed by atoms with Crippen LogP contribution in [-0.4, -0.2) is 47.0 Å². The molecule has 0 amide bonds. The molecule has 1 atom stereocenters. The van der Waals surface area contributed by atoms with Gasteiger partial charge in [-0.2, -0.15) is 4.98 Å². The van der Waals surface area contributed by atoms with E-state index in [4.69, 9.17) is 4.74 Å². The van der Waals surface area contributed by atoms with E-state index in [1.807, 2.05) is 11.8 Å². The first-order valence-corrected chi connectivity index (χ1v) is 7.91. The highest BCUT2D eigenvalue weighted by Gasteiger charge is 2.26. The Labute approximate surface area is 132 Å². The first-order valence-electron chi connectivity index (χ1n) is 7.91. The van der Waals surface area contributed by atoms with Gasteiger partial charge in [-0.3, -0.25) is 14.6 Å². The van der Waals surface area contributed by atoms with Gasteiger partial charge in [0, 0.05) is 31.3 Å². The average Bonchev–Trinajstić information content (AvgIpc) is 2.54. The number of ether oxygens (including phenoxy) is 1. The van der Waals surface area contributed by atoms with Crippen LogP contribution in [0.25, 0.3) is 11.0 Å². The molecule has 2 aromatic heterocycles. The number of morpholine rings is 1. The summed E-state index contributed by atoms with van der Waals surface area (Å²) >= 11 is 0. The van der Waals surface area contributed by atoms with E-state index in [9.17, 15) is 9.59 Å². The van der Waals surface area contributed by atoms with Crippen molar-refractivity contribution in [2.24, 2.45) is 5.92 Å². The first kappa shape index (κ1) is 14.3. The maximum absolute atomic E-state index is 12.6. The molecule has 23 heavy (non-hydrogen) atoms. The monoisotopic (exact) mass is 314 g/mol. The fourth-order valence-electron chi connectivity index (χ4n) is 3.38. The van der Waals surface area contributed by atoms with Gasteiger partial charge >= 0.3 is 0 Å². The zero-order chi connectivity index (χ0) is 16.0. The Morgan fingerprint density at radius 1 is 1.26 bits per heavy atom. The van der Waals surface area contributed by atoms with Gasteiger partial charge in [0.25, 0.3) is 5.56 Å². The molecule has 4 rings (SSSR count). The molecule has 0 saturated carbocycles. The Hall–Kier alpha value is -2.28. The standard InChI is InChI=1S/C16H18N4O3/c1-9-6-10-11(12(21)7-9)8-17-14-13(10)15(22)19-16(18-14)20-2-4-23-5-3-20/h8-9H,2-7H2,1H3,(H,17,18,19,22)/t9-/m0/s1. The molecule has 1 N–H and O–H groups in total. The van der Waals surface area contributed by atoms with Crippen molar-refractivity contribution in [3.05, 3.63) is 27.7 Å². The fourth-order valence-corrected chi connectivity index (χ4v) is 3.38. The minimum absolute atomic E-state index is 0.0600. The molecule has 1 aliphatic heterocycles. The lowest BCUT2D eigenvalue weighted by atomic mass is 9.84. The number of carbonyl (C=O) groups excluding carboxylic acids is 1. The van der Waals surface area contributed by atoms with Gasteiger partial charge in [0.2, 0.25) is 5.95 Å². The van der Waals surface area contributed by atoms with E-state index < -0.39 is 0 Å². The van der Waals surface area contributed by atoms with Crippen molar-refractivity contribution in [1.82, 2.24) is 15.0 Å². The van der Waals surface area contributed by atoms with E-state index in [0.29, 0.717) is 61.7 Å². The zero-order valence-corrected chi connectivity index (χ0v) is 13.0. The van der Waals surface area contributed by atoms with Crippen LogP contribution >= 0.6 is 0 Å². The molecule has 0 unspecified atom stereocenters. The van der Waals surface area contributed by atoms with Gasteiger partial charge in [0.05, 0.1) is 18.6 Å². The Morgan fingerprint density at radius 3 is 2.83 bits per heavy atom. The summed E-state index contributed by atoms with van der Waals surface area (Å²) < 4.78 is 5.32. The summed E-state index contributed by atoms with van der Waals surface area (Å²) in [6.07, 6.45) is 2.79. The number of hydrogen-bond acceptors (Lipinski definition) is 6. The molecule has 120 valence electrons. The number of H-pyrrole nitrogens is 1. The molecule has 0 radical (unpaired) electrons. The summed E-state index contributed by atoms with van der Waals surface area (Å²) in [5.41, 5.74) is 1.56. The summed E-state index contributed by atoms with van der Waals surface area (Å²) in [6, 6.07) is 0. The van der Waals surface area contributed by atoms with Crippen LogP contribution in [0.2, 0.25) is 0 Å². The molecule has 3 heterocycles. The van der Waals surface area contributed by atoms with Crippen LogP contribution in [0.4, 0.5) is 5.95 Å². The SMILES string of the molecule is C[C@@H]1CC(=O)c2cnc3nc(N4CCOCC4)[nH]c(=O)c3c2C1. The van der Waals surface area contributed by atoms with E-state index in [1.165, 1.54) is 0 Å². The van der Waals surface area contributed by atoms with Crippen LogP contribution < -0.4 is 10.5 Å². The van der Waals surface area contributed by atoms with Crippen LogP contribution in [-0.2, 0) is 11.2 Å². The van der Waals surface area contributed by atoms with Gasteiger partial charge in [-0.05, 0) is 17.9 Å². The lowest BCUT2D eigenvalue weighted by Gasteiger charge is -2.27. The van der Waals surface area contributed by atoms with Gasteiger partial charge in [-0.1, -0.05) is 6.92 Å². The molecule has 7 nitrogen and oxygen atoms in total.